The number of amides is 3. The highest BCUT2D eigenvalue weighted by molar-refractivity contribution is 6.01. The Hall–Kier alpha value is -3.62. The molecule has 3 atom stereocenters. The molecule has 3 fully saturated rings. The van der Waals surface area contributed by atoms with E-state index in [4.69, 9.17) is 9.47 Å². The summed E-state index contributed by atoms with van der Waals surface area (Å²) < 4.78 is 11.4. The van der Waals surface area contributed by atoms with Gasteiger partial charge >= 0.3 is 0 Å². The predicted octanol–water partition coefficient (Wildman–Crippen LogP) is 1.31. The van der Waals surface area contributed by atoms with Gasteiger partial charge in [0.05, 0.1) is 19.3 Å². The summed E-state index contributed by atoms with van der Waals surface area (Å²) in [6.45, 7) is 5.16. The minimum atomic E-state index is -0.796. The van der Waals surface area contributed by atoms with Crippen molar-refractivity contribution in [1.82, 2.24) is 25.8 Å². The third-order valence-electron chi connectivity index (χ3n) is 7.68. The number of aromatic nitrogens is 1. The number of aromatic amines is 1. The Kier molecular flexibility index (Phi) is 8.64. The van der Waals surface area contributed by atoms with Crippen LogP contribution in [0, 0.1) is 23.2 Å². The van der Waals surface area contributed by atoms with Gasteiger partial charge in [-0.1, -0.05) is 18.9 Å². The first-order chi connectivity index (χ1) is 19.0. The highest BCUT2D eigenvalue weighted by Crippen LogP contribution is 2.34. The minimum Gasteiger partial charge on any atom is -0.492 e. The normalized spacial score (nSPS) is 21.1. The Morgan fingerprint density at radius 1 is 1.18 bits per heavy atom. The third kappa shape index (κ3) is 7.07. The maximum absolute atomic E-state index is 13.2. The van der Waals surface area contributed by atoms with Crippen molar-refractivity contribution in [1.29, 1.82) is 5.26 Å². The van der Waals surface area contributed by atoms with Crippen LogP contribution in [-0.4, -0.2) is 85.7 Å². The van der Waals surface area contributed by atoms with Crippen LogP contribution in [0.4, 0.5) is 0 Å². The number of fused-ring (bicyclic) bond motifs is 1. The summed E-state index contributed by atoms with van der Waals surface area (Å²) in [5.74, 6) is -0.107. The SMILES string of the molecule is N#CC(CC1CCNC1=O)NC(=O)C(CC1CC1)NC(=O)c1cc2c(OCCN3CCOCC3)cccc2[nH]1. The molecule has 11 heteroatoms. The molecule has 2 aromatic rings. The summed E-state index contributed by atoms with van der Waals surface area (Å²) in [7, 11) is 0. The quantitative estimate of drug-likeness (QED) is 0.320. The van der Waals surface area contributed by atoms with E-state index < -0.39 is 23.9 Å². The number of rotatable bonds is 12. The van der Waals surface area contributed by atoms with Gasteiger partial charge in [-0.3, -0.25) is 19.3 Å². The summed E-state index contributed by atoms with van der Waals surface area (Å²) in [5.41, 5.74) is 1.11. The molecular weight excluding hydrogens is 500 g/mol. The Balaban J connectivity index is 1.21. The molecule has 1 aromatic heterocycles. The van der Waals surface area contributed by atoms with Gasteiger partial charge in [0.25, 0.3) is 5.91 Å². The summed E-state index contributed by atoms with van der Waals surface area (Å²) in [6, 6.07) is 7.92. The largest absolute Gasteiger partial charge is 0.492 e. The Morgan fingerprint density at radius 2 is 2.00 bits per heavy atom. The lowest BCUT2D eigenvalue weighted by Gasteiger charge is -2.26. The number of benzene rings is 1. The van der Waals surface area contributed by atoms with Gasteiger partial charge in [-0.25, -0.2) is 0 Å². The molecule has 2 saturated heterocycles. The summed E-state index contributed by atoms with van der Waals surface area (Å²) >= 11 is 0. The van der Waals surface area contributed by atoms with Crippen molar-refractivity contribution < 1.29 is 23.9 Å². The van der Waals surface area contributed by atoms with Crippen LogP contribution in [0.1, 0.15) is 42.6 Å². The maximum Gasteiger partial charge on any atom is 0.268 e. The van der Waals surface area contributed by atoms with Gasteiger partial charge in [0.1, 0.15) is 30.1 Å². The number of carbonyl (C=O) groups excluding carboxylic acids is 3. The number of hydrogen-bond donors (Lipinski definition) is 4. The molecule has 0 bridgehead atoms. The molecule has 39 heavy (non-hydrogen) atoms. The molecule has 3 unspecified atom stereocenters. The molecule has 1 aliphatic carbocycles. The van der Waals surface area contributed by atoms with Gasteiger partial charge in [-0.15, -0.1) is 0 Å². The smallest absolute Gasteiger partial charge is 0.268 e. The monoisotopic (exact) mass is 536 g/mol. The molecule has 208 valence electrons. The van der Waals surface area contributed by atoms with Crippen LogP contribution in [0.25, 0.3) is 10.9 Å². The van der Waals surface area contributed by atoms with Crippen LogP contribution in [0.15, 0.2) is 24.3 Å². The first-order valence-electron chi connectivity index (χ1n) is 13.8. The van der Waals surface area contributed by atoms with E-state index in [0.717, 1.165) is 56.6 Å². The number of nitriles is 1. The fourth-order valence-electron chi connectivity index (χ4n) is 5.21. The second-order valence-corrected chi connectivity index (χ2v) is 10.6. The average molecular weight is 537 g/mol. The Labute approximate surface area is 227 Å². The molecule has 1 saturated carbocycles. The lowest BCUT2D eigenvalue weighted by atomic mass is 9.98. The predicted molar refractivity (Wildman–Crippen MR) is 143 cm³/mol. The Morgan fingerprint density at radius 3 is 2.72 bits per heavy atom. The van der Waals surface area contributed by atoms with E-state index in [1.807, 2.05) is 18.2 Å². The highest BCUT2D eigenvalue weighted by atomic mass is 16.5. The van der Waals surface area contributed by atoms with E-state index in [1.165, 1.54) is 0 Å². The van der Waals surface area contributed by atoms with Crippen molar-refractivity contribution in [3.05, 3.63) is 30.0 Å². The Bertz CT molecular complexity index is 1230. The van der Waals surface area contributed by atoms with E-state index in [-0.39, 0.29) is 18.2 Å². The van der Waals surface area contributed by atoms with Gasteiger partial charge in [0, 0.05) is 43.0 Å². The van der Waals surface area contributed by atoms with Crippen molar-refractivity contribution in [3.63, 3.8) is 0 Å². The average Bonchev–Trinajstić information content (AvgIpc) is 3.50. The zero-order valence-electron chi connectivity index (χ0n) is 22.0. The summed E-state index contributed by atoms with van der Waals surface area (Å²) in [4.78, 5) is 43.8. The fourth-order valence-corrected chi connectivity index (χ4v) is 5.21. The lowest BCUT2D eigenvalue weighted by molar-refractivity contribution is -0.125. The molecule has 0 spiro atoms. The third-order valence-corrected chi connectivity index (χ3v) is 7.68. The van der Waals surface area contributed by atoms with E-state index in [1.54, 1.807) is 6.07 Å². The van der Waals surface area contributed by atoms with Crippen LogP contribution in [0.3, 0.4) is 0 Å². The number of nitrogens with zero attached hydrogens (tertiary/aromatic N) is 2. The molecular formula is C28H36N6O5. The van der Waals surface area contributed by atoms with Crippen LogP contribution in [0.5, 0.6) is 5.75 Å². The number of hydrogen-bond acceptors (Lipinski definition) is 7. The number of morpholine rings is 1. The van der Waals surface area contributed by atoms with Crippen molar-refractivity contribution in [2.45, 2.75) is 44.2 Å². The topological polar surface area (TPSA) is 149 Å². The number of carbonyl (C=O) groups is 3. The second kappa shape index (κ2) is 12.5. The van der Waals surface area contributed by atoms with Crippen LogP contribution < -0.4 is 20.7 Å². The standard InChI is InChI=1S/C28H36N6O5/c29-17-20(15-19-6-7-30-26(19)35)31-27(36)23(14-18-4-5-18)33-28(37)24-16-21-22(32-24)2-1-3-25(21)39-13-10-34-8-11-38-12-9-34/h1-3,16,18-20,23,32H,4-15H2,(H,30,35)(H,31,36)(H,33,37). The molecule has 1 aromatic carbocycles. The first-order valence-corrected chi connectivity index (χ1v) is 13.8. The zero-order chi connectivity index (χ0) is 27.2. The second-order valence-electron chi connectivity index (χ2n) is 10.6. The number of nitrogens with one attached hydrogen (secondary N) is 4. The molecule has 11 nitrogen and oxygen atoms in total. The minimum absolute atomic E-state index is 0.0874. The molecule has 2 aliphatic heterocycles. The number of ether oxygens (including phenoxy) is 2. The van der Waals surface area contributed by atoms with Gasteiger partial charge in [0.15, 0.2) is 0 Å². The summed E-state index contributed by atoms with van der Waals surface area (Å²) in [5, 5.41) is 18.8. The molecule has 5 rings (SSSR count). The van der Waals surface area contributed by atoms with Gasteiger partial charge < -0.3 is 30.4 Å². The fraction of sp³-hybridized carbons (Fsp3) is 0.571. The van der Waals surface area contributed by atoms with Crippen molar-refractivity contribution in [3.8, 4) is 11.8 Å². The summed E-state index contributed by atoms with van der Waals surface area (Å²) in [6.07, 6.45) is 3.45. The van der Waals surface area contributed by atoms with E-state index in [2.05, 4.69) is 31.9 Å². The maximum atomic E-state index is 13.2. The van der Waals surface area contributed by atoms with E-state index >= 15 is 0 Å². The van der Waals surface area contributed by atoms with Crippen LogP contribution in [0.2, 0.25) is 0 Å². The lowest BCUT2D eigenvalue weighted by Crippen LogP contribution is -2.50. The molecule has 3 amide bonds. The van der Waals surface area contributed by atoms with Crippen LogP contribution in [-0.2, 0) is 14.3 Å². The highest BCUT2D eigenvalue weighted by Gasteiger charge is 2.33. The number of H-pyrrole nitrogens is 1. The molecule has 4 N–H and O–H groups in total. The van der Waals surface area contributed by atoms with Crippen molar-refractivity contribution >= 4 is 28.6 Å². The zero-order valence-corrected chi connectivity index (χ0v) is 22.0. The van der Waals surface area contributed by atoms with Gasteiger partial charge in [-0.05, 0) is 43.4 Å². The van der Waals surface area contributed by atoms with Gasteiger partial charge in [0.2, 0.25) is 11.8 Å². The first kappa shape index (κ1) is 27.0. The van der Waals surface area contributed by atoms with E-state index in [0.29, 0.717) is 43.4 Å². The molecule has 3 aliphatic rings. The van der Waals surface area contributed by atoms with Crippen molar-refractivity contribution in [2.75, 3.05) is 46.0 Å². The van der Waals surface area contributed by atoms with E-state index in [9.17, 15) is 19.6 Å². The molecule has 0 radical (unpaired) electrons. The van der Waals surface area contributed by atoms with Crippen molar-refractivity contribution in [2.24, 2.45) is 11.8 Å². The molecule has 3 heterocycles. The van der Waals surface area contributed by atoms with Crippen LogP contribution >= 0.6 is 0 Å². The van der Waals surface area contributed by atoms with Gasteiger partial charge in [-0.2, -0.15) is 5.26 Å².